The Kier molecular flexibility index (Phi) is 5.50. The van der Waals surface area contributed by atoms with Crippen molar-refractivity contribution < 1.29 is 23.1 Å². The van der Waals surface area contributed by atoms with Gasteiger partial charge in [0.1, 0.15) is 5.75 Å². The summed E-state index contributed by atoms with van der Waals surface area (Å²) in [5, 5.41) is 9.50. The largest absolute Gasteiger partial charge is 0.479 e. The first-order valence-electron chi connectivity index (χ1n) is 8.12. The number of aliphatic carboxylic acids is 1. The van der Waals surface area contributed by atoms with Gasteiger partial charge in [-0.3, -0.25) is 0 Å². The summed E-state index contributed by atoms with van der Waals surface area (Å²) in [6.45, 7) is 0.252. The molecular weight excluding hydrogens is 378 g/mol. The zero-order chi connectivity index (χ0) is 18.7. The van der Waals surface area contributed by atoms with E-state index in [-0.39, 0.29) is 11.4 Å². The molecule has 0 aliphatic carbocycles. The third kappa shape index (κ3) is 4.35. The number of carboxylic acids is 1. The second kappa shape index (κ2) is 7.65. The van der Waals surface area contributed by atoms with Crippen LogP contribution in [0.4, 0.5) is 0 Å². The minimum absolute atomic E-state index is 0.167. The summed E-state index contributed by atoms with van der Waals surface area (Å²) in [5.41, 5.74) is 1.90. The molecule has 1 aliphatic heterocycles. The van der Waals surface area contributed by atoms with E-state index < -0.39 is 22.1 Å². The molecule has 2 aromatic carbocycles. The van der Waals surface area contributed by atoms with E-state index in [9.17, 15) is 13.2 Å². The fourth-order valence-corrected chi connectivity index (χ4v) is 3.96. The second-order valence-corrected chi connectivity index (χ2v) is 8.23. The van der Waals surface area contributed by atoms with Gasteiger partial charge < -0.3 is 9.84 Å². The van der Waals surface area contributed by atoms with E-state index in [1.165, 1.54) is 24.3 Å². The Bertz CT molecular complexity index is 912. The monoisotopic (exact) mass is 395 g/mol. The smallest absolute Gasteiger partial charge is 0.344 e. The van der Waals surface area contributed by atoms with Crippen molar-refractivity contribution in [2.24, 2.45) is 0 Å². The van der Waals surface area contributed by atoms with Crippen molar-refractivity contribution in [2.45, 2.75) is 30.3 Å². The van der Waals surface area contributed by atoms with E-state index in [0.29, 0.717) is 30.0 Å². The van der Waals surface area contributed by atoms with Crippen molar-refractivity contribution in [3.63, 3.8) is 0 Å². The number of hydrogen-bond donors (Lipinski definition) is 2. The number of hydrogen-bond acceptors (Lipinski definition) is 4. The maximum absolute atomic E-state index is 12.2. The Hall–Kier alpha value is -2.09. The van der Waals surface area contributed by atoms with Crippen LogP contribution in [0, 0.1) is 0 Å². The lowest BCUT2D eigenvalue weighted by Crippen LogP contribution is -2.31. The molecule has 1 heterocycles. The molecule has 1 unspecified atom stereocenters. The number of benzene rings is 2. The van der Waals surface area contributed by atoms with Crippen LogP contribution in [-0.4, -0.2) is 32.1 Å². The molecule has 1 aliphatic rings. The van der Waals surface area contributed by atoms with Crippen molar-refractivity contribution in [3.05, 3.63) is 58.6 Å². The summed E-state index contributed by atoms with van der Waals surface area (Å²) in [4.78, 5) is 11.2. The zero-order valence-electron chi connectivity index (χ0n) is 13.8. The van der Waals surface area contributed by atoms with Crippen LogP contribution < -0.4 is 9.46 Å². The van der Waals surface area contributed by atoms with E-state index >= 15 is 0 Å². The predicted molar refractivity (Wildman–Crippen MR) is 97.2 cm³/mol. The maximum atomic E-state index is 12.2. The Morgan fingerprint density at radius 1 is 1.23 bits per heavy atom. The quantitative estimate of drug-likeness (QED) is 0.784. The summed E-state index contributed by atoms with van der Waals surface area (Å²) in [6, 6.07) is 11.5. The number of carbonyl (C=O) groups is 1. The number of fused-ring (bicyclic) bond motifs is 1. The minimum Gasteiger partial charge on any atom is -0.479 e. The van der Waals surface area contributed by atoms with Gasteiger partial charge in [-0.2, -0.15) is 0 Å². The number of aryl methyl sites for hydroxylation is 1. The molecule has 0 radical (unpaired) electrons. The van der Waals surface area contributed by atoms with Crippen LogP contribution >= 0.6 is 11.6 Å². The first-order chi connectivity index (χ1) is 12.3. The van der Waals surface area contributed by atoms with Crippen LogP contribution in [0.1, 0.15) is 17.5 Å². The molecule has 6 nitrogen and oxygen atoms in total. The van der Waals surface area contributed by atoms with Gasteiger partial charge in [-0.25, -0.2) is 17.9 Å². The molecular formula is C18H18ClNO5S. The first-order valence-corrected chi connectivity index (χ1v) is 9.98. The van der Waals surface area contributed by atoms with Crippen LogP contribution in [0.3, 0.4) is 0 Å². The minimum atomic E-state index is -3.58. The SMILES string of the molecule is O=C(O)C1CCc2cc(CCNS(=O)(=O)c3ccc(Cl)cc3)ccc2O1. The summed E-state index contributed by atoms with van der Waals surface area (Å²) >= 11 is 5.77. The van der Waals surface area contributed by atoms with Crippen LogP contribution in [0.5, 0.6) is 5.75 Å². The highest BCUT2D eigenvalue weighted by Crippen LogP contribution is 2.28. The molecule has 0 bridgehead atoms. The van der Waals surface area contributed by atoms with Gasteiger partial charge in [0, 0.05) is 11.6 Å². The lowest BCUT2D eigenvalue weighted by molar-refractivity contribution is -0.145. The van der Waals surface area contributed by atoms with E-state index in [1.807, 2.05) is 12.1 Å². The highest BCUT2D eigenvalue weighted by molar-refractivity contribution is 7.89. The van der Waals surface area contributed by atoms with Crippen molar-refractivity contribution in [3.8, 4) is 5.75 Å². The summed E-state index contributed by atoms with van der Waals surface area (Å²) < 4.78 is 32.5. The molecule has 0 aromatic heterocycles. The highest BCUT2D eigenvalue weighted by atomic mass is 35.5. The van der Waals surface area contributed by atoms with Crippen molar-refractivity contribution >= 4 is 27.6 Å². The van der Waals surface area contributed by atoms with Crippen molar-refractivity contribution in [1.29, 1.82) is 0 Å². The van der Waals surface area contributed by atoms with Crippen molar-refractivity contribution in [1.82, 2.24) is 4.72 Å². The van der Waals surface area contributed by atoms with Gasteiger partial charge >= 0.3 is 5.97 Å². The molecule has 0 spiro atoms. The molecule has 0 fully saturated rings. The van der Waals surface area contributed by atoms with Gasteiger partial charge in [0.25, 0.3) is 0 Å². The fourth-order valence-electron chi connectivity index (χ4n) is 2.80. The standard InChI is InChI=1S/C18H18ClNO5S/c19-14-3-5-15(6-4-14)26(23,24)20-10-9-12-1-7-16-13(11-12)2-8-17(25-16)18(21)22/h1,3-7,11,17,20H,2,8-10H2,(H,21,22). The Balaban J connectivity index is 1.60. The Labute approximate surface area is 156 Å². The van der Waals surface area contributed by atoms with E-state index in [1.54, 1.807) is 6.07 Å². The molecule has 2 aromatic rings. The lowest BCUT2D eigenvalue weighted by atomic mass is 9.99. The number of rotatable bonds is 6. The number of sulfonamides is 1. The van der Waals surface area contributed by atoms with Gasteiger partial charge in [-0.1, -0.05) is 23.7 Å². The molecule has 3 rings (SSSR count). The molecule has 1 atom stereocenters. The third-order valence-corrected chi connectivity index (χ3v) is 5.90. The molecule has 2 N–H and O–H groups in total. The predicted octanol–water partition coefficient (Wildman–Crippen LogP) is 2.64. The molecule has 138 valence electrons. The van der Waals surface area contributed by atoms with Crippen LogP contribution in [0.15, 0.2) is 47.4 Å². The van der Waals surface area contributed by atoms with Gasteiger partial charge in [0.05, 0.1) is 4.90 Å². The van der Waals surface area contributed by atoms with Gasteiger partial charge in [-0.05, 0) is 60.7 Å². The molecule has 26 heavy (non-hydrogen) atoms. The van der Waals surface area contributed by atoms with E-state index in [2.05, 4.69) is 4.72 Å². The number of carboxylic acid groups (broad SMARTS) is 1. The van der Waals surface area contributed by atoms with E-state index in [0.717, 1.165) is 11.1 Å². The number of nitrogens with one attached hydrogen (secondary N) is 1. The van der Waals surface area contributed by atoms with E-state index in [4.69, 9.17) is 21.4 Å². The van der Waals surface area contributed by atoms with Gasteiger partial charge in [0.15, 0.2) is 6.10 Å². The lowest BCUT2D eigenvalue weighted by Gasteiger charge is -2.23. The van der Waals surface area contributed by atoms with Crippen LogP contribution in [0.25, 0.3) is 0 Å². The van der Waals surface area contributed by atoms with Crippen LogP contribution in [-0.2, 0) is 27.7 Å². The second-order valence-electron chi connectivity index (χ2n) is 6.03. The molecule has 0 saturated heterocycles. The normalized spacial score (nSPS) is 16.6. The van der Waals surface area contributed by atoms with Gasteiger partial charge in [-0.15, -0.1) is 0 Å². The van der Waals surface area contributed by atoms with Gasteiger partial charge in [0.2, 0.25) is 10.0 Å². The topological polar surface area (TPSA) is 92.7 Å². The molecule has 8 heteroatoms. The van der Waals surface area contributed by atoms with Crippen molar-refractivity contribution in [2.75, 3.05) is 6.54 Å². The third-order valence-electron chi connectivity index (χ3n) is 4.18. The average molecular weight is 396 g/mol. The number of halogens is 1. The summed E-state index contributed by atoms with van der Waals surface area (Å²) in [6.07, 6.45) is 0.758. The first kappa shape index (κ1) is 18.7. The Morgan fingerprint density at radius 2 is 1.96 bits per heavy atom. The summed E-state index contributed by atoms with van der Waals surface area (Å²) in [7, 11) is -3.58. The average Bonchev–Trinajstić information content (AvgIpc) is 2.61. The Morgan fingerprint density at radius 3 is 2.65 bits per heavy atom. The van der Waals surface area contributed by atoms with Crippen LogP contribution in [0.2, 0.25) is 5.02 Å². The zero-order valence-corrected chi connectivity index (χ0v) is 15.4. The molecule has 0 amide bonds. The number of ether oxygens (including phenoxy) is 1. The molecule has 0 saturated carbocycles. The fraction of sp³-hybridized carbons (Fsp3) is 0.278. The maximum Gasteiger partial charge on any atom is 0.344 e. The summed E-state index contributed by atoms with van der Waals surface area (Å²) in [5.74, 6) is -0.384. The highest BCUT2D eigenvalue weighted by Gasteiger charge is 2.25.